The zero-order valence-corrected chi connectivity index (χ0v) is 24.5. The number of carbonyl (C=O) groups is 2. The minimum Gasteiger partial charge on any atom is -0.457 e. The highest BCUT2D eigenvalue weighted by molar-refractivity contribution is 7.47. The van der Waals surface area contributed by atoms with Gasteiger partial charge < -0.3 is 24.6 Å². The highest BCUT2D eigenvalue weighted by Crippen LogP contribution is 2.43. The monoisotopic (exact) mass is 568 g/mol. The third-order valence-electron chi connectivity index (χ3n) is 6.07. The van der Waals surface area contributed by atoms with Crippen molar-refractivity contribution >= 4 is 19.8 Å². The van der Waals surface area contributed by atoms with Crippen molar-refractivity contribution in [3.8, 4) is 0 Å². The highest BCUT2D eigenvalue weighted by atomic mass is 31.2. The molecule has 0 rings (SSSR count). The second-order valence-electron chi connectivity index (χ2n) is 9.75. The van der Waals surface area contributed by atoms with Crippen molar-refractivity contribution in [2.75, 3.05) is 26.4 Å². The number of carbonyl (C=O) groups excluding carboxylic acids is 2. The number of aliphatic hydroxyl groups is 2. The summed E-state index contributed by atoms with van der Waals surface area (Å²) in [6.45, 7) is 2.04. The predicted molar refractivity (Wildman–Crippen MR) is 145 cm³/mol. The van der Waals surface area contributed by atoms with Crippen molar-refractivity contribution < 1.29 is 47.8 Å². The smallest absolute Gasteiger partial charge is 0.457 e. The van der Waals surface area contributed by atoms with Gasteiger partial charge in [-0.15, -0.1) is 0 Å². The van der Waals surface area contributed by atoms with Gasteiger partial charge in [0.15, 0.2) is 0 Å². The number of hydrogen-bond acceptors (Lipinski definition) is 9. The summed E-state index contributed by atoms with van der Waals surface area (Å²) in [5.74, 6) is -1.03. The lowest BCUT2D eigenvalue weighted by atomic mass is 10.1. The van der Waals surface area contributed by atoms with E-state index in [4.69, 9.17) is 18.5 Å². The minimum atomic E-state index is -4.60. The number of aliphatic hydroxyl groups excluding tert-OH is 2. The van der Waals surface area contributed by atoms with Crippen LogP contribution in [0.3, 0.4) is 0 Å². The van der Waals surface area contributed by atoms with Gasteiger partial charge in [-0.25, -0.2) is 4.57 Å². The molecule has 0 aliphatic rings. The molecule has 0 radical (unpaired) electrons. The Balaban J connectivity index is 4.10. The molecule has 0 spiro atoms. The van der Waals surface area contributed by atoms with E-state index in [2.05, 4.69) is 13.8 Å². The molecule has 0 aromatic rings. The Labute approximate surface area is 229 Å². The number of ether oxygens (including phenoxy) is 2. The number of phosphoric ester groups is 1. The largest absolute Gasteiger partial charge is 0.472 e. The molecule has 3 atom stereocenters. The van der Waals surface area contributed by atoms with Crippen LogP contribution in [0, 0.1) is 0 Å². The fourth-order valence-corrected chi connectivity index (χ4v) is 4.54. The molecule has 0 aromatic heterocycles. The minimum absolute atomic E-state index is 0.191. The van der Waals surface area contributed by atoms with E-state index in [1.807, 2.05) is 0 Å². The number of esters is 2. The van der Waals surface area contributed by atoms with E-state index < -0.39 is 58.4 Å². The van der Waals surface area contributed by atoms with Crippen LogP contribution in [-0.2, 0) is 32.7 Å². The lowest BCUT2D eigenvalue weighted by Crippen LogP contribution is -2.28. The Morgan fingerprint density at radius 1 is 0.605 bits per heavy atom. The van der Waals surface area contributed by atoms with E-state index in [0.29, 0.717) is 12.8 Å². The van der Waals surface area contributed by atoms with Gasteiger partial charge >= 0.3 is 19.8 Å². The second-order valence-corrected chi connectivity index (χ2v) is 11.2. The van der Waals surface area contributed by atoms with Crippen molar-refractivity contribution in [2.45, 2.75) is 135 Å². The third-order valence-corrected chi connectivity index (χ3v) is 7.02. The van der Waals surface area contributed by atoms with E-state index in [0.717, 1.165) is 44.9 Å². The molecule has 0 bridgehead atoms. The summed E-state index contributed by atoms with van der Waals surface area (Å²) in [7, 11) is -4.60. The normalized spacial score (nSPS) is 14.6. The average molecular weight is 569 g/mol. The van der Waals surface area contributed by atoms with Gasteiger partial charge in [0.2, 0.25) is 0 Å². The first-order chi connectivity index (χ1) is 18.3. The molecular formula is C27H53O10P. The first kappa shape index (κ1) is 37.0. The molecule has 0 aliphatic carbocycles. The molecule has 226 valence electrons. The first-order valence-electron chi connectivity index (χ1n) is 14.5. The van der Waals surface area contributed by atoms with Gasteiger partial charge in [-0.05, 0) is 12.8 Å². The van der Waals surface area contributed by atoms with Gasteiger partial charge in [0, 0.05) is 12.8 Å². The molecule has 0 fully saturated rings. The molecule has 3 unspecified atom stereocenters. The van der Waals surface area contributed by atoms with Crippen LogP contribution in [0.2, 0.25) is 0 Å². The van der Waals surface area contributed by atoms with Crippen LogP contribution in [0.1, 0.15) is 123 Å². The van der Waals surface area contributed by atoms with Crippen LogP contribution in [0.15, 0.2) is 0 Å². The van der Waals surface area contributed by atoms with Crippen LogP contribution in [0.25, 0.3) is 0 Å². The SMILES string of the molecule is CCCCCCCCCCCCC(=O)OC(CO)COP(=O)(O)OCC(CO)OC(=O)CCCCCCC. The van der Waals surface area contributed by atoms with E-state index in [9.17, 15) is 29.3 Å². The lowest BCUT2D eigenvalue weighted by molar-refractivity contribution is -0.153. The molecule has 10 nitrogen and oxygen atoms in total. The second kappa shape index (κ2) is 25.0. The molecule has 38 heavy (non-hydrogen) atoms. The maximum absolute atomic E-state index is 12.1. The summed E-state index contributed by atoms with van der Waals surface area (Å²) in [5.41, 5.74) is 0. The number of hydrogen-bond donors (Lipinski definition) is 3. The van der Waals surface area contributed by atoms with Crippen LogP contribution < -0.4 is 0 Å². The molecule has 3 N–H and O–H groups in total. The fourth-order valence-electron chi connectivity index (χ4n) is 3.76. The predicted octanol–water partition coefficient (Wildman–Crippen LogP) is 5.60. The standard InChI is InChI=1S/C27H53O10P/c1-3-5-7-9-10-11-12-13-15-17-19-27(31)37-25(21-29)23-35-38(32,33)34-22-24(20-28)36-26(30)18-16-14-8-6-4-2/h24-25,28-29H,3-23H2,1-2H3,(H,32,33). The molecule has 0 heterocycles. The summed E-state index contributed by atoms with van der Waals surface area (Å²) in [4.78, 5) is 33.8. The molecule has 0 aliphatic heterocycles. The Bertz CT molecular complexity index is 631. The van der Waals surface area contributed by atoms with Crippen LogP contribution in [0.5, 0.6) is 0 Å². The topological polar surface area (TPSA) is 149 Å². The average Bonchev–Trinajstić information content (AvgIpc) is 2.89. The molecule has 0 saturated carbocycles. The molecule has 0 amide bonds. The lowest BCUT2D eigenvalue weighted by Gasteiger charge is -2.20. The van der Waals surface area contributed by atoms with E-state index in [1.54, 1.807) is 0 Å². The van der Waals surface area contributed by atoms with Crippen molar-refractivity contribution in [3.63, 3.8) is 0 Å². The maximum atomic E-state index is 12.1. The Hall–Kier alpha value is -1.03. The summed E-state index contributed by atoms with van der Waals surface area (Å²) >= 11 is 0. The molecular weight excluding hydrogens is 515 g/mol. The van der Waals surface area contributed by atoms with Gasteiger partial charge in [0.05, 0.1) is 26.4 Å². The van der Waals surface area contributed by atoms with Crippen molar-refractivity contribution in [2.24, 2.45) is 0 Å². The Morgan fingerprint density at radius 3 is 1.24 bits per heavy atom. The number of unbranched alkanes of at least 4 members (excludes halogenated alkanes) is 13. The fraction of sp³-hybridized carbons (Fsp3) is 0.926. The molecule has 11 heteroatoms. The Kier molecular flexibility index (Phi) is 24.3. The summed E-state index contributed by atoms with van der Waals surface area (Å²) in [6.07, 6.45) is 14.3. The summed E-state index contributed by atoms with van der Waals surface area (Å²) in [6, 6.07) is 0. The van der Waals surface area contributed by atoms with Gasteiger partial charge in [-0.2, -0.15) is 0 Å². The van der Waals surface area contributed by atoms with Crippen LogP contribution >= 0.6 is 7.82 Å². The Morgan fingerprint density at radius 2 is 0.921 bits per heavy atom. The number of phosphoric acid groups is 1. The number of rotatable bonds is 27. The van der Waals surface area contributed by atoms with E-state index in [1.165, 1.54) is 38.5 Å². The molecule has 0 aromatic carbocycles. The van der Waals surface area contributed by atoms with Crippen molar-refractivity contribution in [1.82, 2.24) is 0 Å². The van der Waals surface area contributed by atoms with Gasteiger partial charge in [-0.1, -0.05) is 97.3 Å². The van der Waals surface area contributed by atoms with Gasteiger partial charge in [0.1, 0.15) is 12.2 Å². The van der Waals surface area contributed by atoms with Crippen LogP contribution in [0.4, 0.5) is 0 Å². The zero-order chi connectivity index (χ0) is 28.5. The van der Waals surface area contributed by atoms with E-state index in [-0.39, 0.29) is 12.8 Å². The zero-order valence-electron chi connectivity index (χ0n) is 23.7. The summed E-state index contributed by atoms with van der Waals surface area (Å²) < 4.78 is 32.0. The van der Waals surface area contributed by atoms with Crippen molar-refractivity contribution in [1.29, 1.82) is 0 Å². The van der Waals surface area contributed by atoms with Crippen LogP contribution in [-0.4, -0.2) is 65.7 Å². The molecule has 0 saturated heterocycles. The van der Waals surface area contributed by atoms with E-state index >= 15 is 0 Å². The van der Waals surface area contributed by atoms with Crippen molar-refractivity contribution in [3.05, 3.63) is 0 Å². The third kappa shape index (κ3) is 22.9. The quantitative estimate of drug-likeness (QED) is 0.0649. The first-order valence-corrected chi connectivity index (χ1v) is 16.0. The van der Waals surface area contributed by atoms with Gasteiger partial charge in [0.25, 0.3) is 0 Å². The highest BCUT2D eigenvalue weighted by Gasteiger charge is 2.27. The maximum Gasteiger partial charge on any atom is 0.472 e. The summed E-state index contributed by atoms with van der Waals surface area (Å²) in [5, 5.41) is 18.8. The van der Waals surface area contributed by atoms with Gasteiger partial charge in [-0.3, -0.25) is 18.6 Å².